The van der Waals surface area contributed by atoms with Gasteiger partial charge >= 0.3 is 5.69 Å². The van der Waals surface area contributed by atoms with E-state index in [2.05, 4.69) is 10.3 Å². The van der Waals surface area contributed by atoms with Crippen molar-refractivity contribution in [3.8, 4) is 0 Å². The van der Waals surface area contributed by atoms with Crippen LogP contribution in [0.15, 0.2) is 47.4 Å². The molecule has 3 aromatic rings. The summed E-state index contributed by atoms with van der Waals surface area (Å²) in [6.07, 6.45) is 5.91. The third-order valence-corrected chi connectivity index (χ3v) is 5.37. The van der Waals surface area contributed by atoms with E-state index < -0.39 is 0 Å². The summed E-state index contributed by atoms with van der Waals surface area (Å²) in [4.78, 5) is 29.9. The molecule has 1 fully saturated rings. The van der Waals surface area contributed by atoms with E-state index in [0.29, 0.717) is 22.7 Å². The van der Waals surface area contributed by atoms with E-state index in [9.17, 15) is 9.59 Å². The van der Waals surface area contributed by atoms with E-state index in [1.165, 1.54) is 4.57 Å². The lowest BCUT2D eigenvalue weighted by Gasteiger charge is -2.10. The van der Waals surface area contributed by atoms with Gasteiger partial charge in [-0.15, -0.1) is 0 Å². The number of carbonyl (C=O) groups is 1. The number of pyridine rings is 1. The molecule has 27 heavy (non-hydrogen) atoms. The molecule has 1 saturated carbocycles. The van der Waals surface area contributed by atoms with Gasteiger partial charge in [0, 0.05) is 23.8 Å². The van der Waals surface area contributed by atoms with Gasteiger partial charge in [-0.05, 0) is 42.7 Å². The van der Waals surface area contributed by atoms with Gasteiger partial charge in [0.05, 0.1) is 5.52 Å². The Balaban J connectivity index is 1.56. The Morgan fingerprint density at radius 1 is 1.19 bits per heavy atom. The van der Waals surface area contributed by atoms with Crippen molar-refractivity contribution in [1.29, 1.82) is 0 Å². The van der Waals surface area contributed by atoms with Crippen LogP contribution in [0.2, 0.25) is 5.02 Å². The SMILES string of the molecule is O=C(Cn1c(=O)n(C2CCCC2)c2ncccc21)NCc1ccc(Cl)cc1. The van der Waals surface area contributed by atoms with Crippen molar-refractivity contribution < 1.29 is 4.79 Å². The Bertz CT molecular complexity index is 1020. The number of benzene rings is 1. The topological polar surface area (TPSA) is 68.9 Å². The van der Waals surface area contributed by atoms with Crippen LogP contribution in [0.3, 0.4) is 0 Å². The van der Waals surface area contributed by atoms with E-state index in [0.717, 1.165) is 31.2 Å². The summed E-state index contributed by atoms with van der Waals surface area (Å²) >= 11 is 5.88. The Morgan fingerprint density at radius 2 is 1.93 bits per heavy atom. The smallest absolute Gasteiger partial charge is 0.331 e. The number of aromatic nitrogens is 3. The monoisotopic (exact) mass is 384 g/mol. The van der Waals surface area contributed by atoms with Crippen LogP contribution in [0.25, 0.3) is 11.2 Å². The van der Waals surface area contributed by atoms with Crippen molar-refractivity contribution in [3.63, 3.8) is 0 Å². The standard InChI is InChI=1S/C20H21ClN4O2/c21-15-9-7-14(8-10-15)12-23-18(26)13-24-17-6-3-11-22-19(17)25(20(24)27)16-4-1-2-5-16/h3,6-11,16H,1-2,4-5,12-13H2,(H,23,26). The fourth-order valence-corrected chi connectivity index (χ4v) is 3.88. The lowest BCUT2D eigenvalue weighted by Crippen LogP contribution is -2.33. The maximum Gasteiger partial charge on any atom is 0.331 e. The van der Waals surface area contributed by atoms with Crippen molar-refractivity contribution in [2.75, 3.05) is 0 Å². The van der Waals surface area contributed by atoms with Crippen molar-refractivity contribution in [3.05, 3.63) is 63.7 Å². The average Bonchev–Trinajstić information content (AvgIpc) is 3.28. The second kappa shape index (κ2) is 7.56. The zero-order valence-electron chi connectivity index (χ0n) is 14.9. The van der Waals surface area contributed by atoms with E-state index in [-0.39, 0.29) is 24.2 Å². The molecule has 2 aromatic heterocycles. The normalized spacial score (nSPS) is 14.7. The first-order valence-corrected chi connectivity index (χ1v) is 9.58. The molecule has 0 radical (unpaired) electrons. The maximum absolute atomic E-state index is 13.0. The molecular formula is C20H21ClN4O2. The number of imidazole rings is 1. The Labute approximate surface area is 161 Å². The van der Waals surface area contributed by atoms with Crippen molar-refractivity contribution in [1.82, 2.24) is 19.4 Å². The van der Waals surface area contributed by atoms with E-state index in [1.807, 2.05) is 18.2 Å². The zero-order chi connectivity index (χ0) is 18.8. The lowest BCUT2D eigenvalue weighted by molar-refractivity contribution is -0.121. The minimum Gasteiger partial charge on any atom is -0.350 e. The second-order valence-corrected chi connectivity index (χ2v) is 7.36. The first-order chi connectivity index (χ1) is 13.1. The number of carbonyl (C=O) groups excluding carboxylic acids is 1. The number of nitrogens with one attached hydrogen (secondary N) is 1. The fraction of sp³-hybridized carbons (Fsp3) is 0.350. The number of rotatable bonds is 5. The average molecular weight is 385 g/mol. The van der Waals surface area contributed by atoms with Gasteiger partial charge in [0.1, 0.15) is 6.54 Å². The Morgan fingerprint density at radius 3 is 2.67 bits per heavy atom. The number of halogens is 1. The van der Waals surface area contributed by atoms with Gasteiger partial charge in [0.25, 0.3) is 0 Å². The van der Waals surface area contributed by atoms with Gasteiger partial charge in [-0.25, -0.2) is 9.78 Å². The molecule has 1 aliphatic rings. The Kier molecular flexibility index (Phi) is 4.99. The summed E-state index contributed by atoms with van der Waals surface area (Å²) in [6.45, 7) is 0.374. The van der Waals surface area contributed by atoms with Gasteiger partial charge in [0.2, 0.25) is 5.91 Å². The van der Waals surface area contributed by atoms with E-state index in [4.69, 9.17) is 11.6 Å². The highest BCUT2D eigenvalue weighted by atomic mass is 35.5. The molecule has 0 aliphatic heterocycles. The van der Waals surface area contributed by atoms with Crippen molar-refractivity contribution >= 4 is 28.7 Å². The third-order valence-electron chi connectivity index (χ3n) is 5.12. The molecule has 0 atom stereocenters. The quantitative estimate of drug-likeness (QED) is 0.733. The van der Waals surface area contributed by atoms with Crippen molar-refractivity contribution in [2.24, 2.45) is 0 Å². The molecule has 1 amide bonds. The van der Waals surface area contributed by atoms with Crippen LogP contribution < -0.4 is 11.0 Å². The molecule has 140 valence electrons. The van der Waals surface area contributed by atoms with Crippen LogP contribution in [0.5, 0.6) is 0 Å². The van der Waals surface area contributed by atoms with E-state index in [1.54, 1.807) is 29.0 Å². The first kappa shape index (κ1) is 17.8. The second-order valence-electron chi connectivity index (χ2n) is 6.93. The van der Waals surface area contributed by atoms with Gasteiger partial charge in [0.15, 0.2) is 5.65 Å². The molecule has 1 N–H and O–H groups in total. The number of hydrogen-bond donors (Lipinski definition) is 1. The fourth-order valence-electron chi connectivity index (χ4n) is 3.76. The van der Waals surface area contributed by atoms with Gasteiger partial charge in [-0.2, -0.15) is 0 Å². The predicted molar refractivity (Wildman–Crippen MR) is 105 cm³/mol. The lowest BCUT2D eigenvalue weighted by atomic mass is 10.2. The molecule has 1 aromatic carbocycles. The molecule has 7 heteroatoms. The summed E-state index contributed by atoms with van der Waals surface area (Å²) in [6, 6.07) is 11.1. The van der Waals surface area contributed by atoms with Crippen LogP contribution in [0.4, 0.5) is 0 Å². The molecule has 1 aliphatic carbocycles. The van der Waals surface area contributed by atoms with Crippen LogP contribution in [-0.4, -0.2) is 20.0 Å². The predicted octanol–water partition coefficient (Wildman–Crippen LogP) is 3.28. The first-order valence-electron chi connectivity index (χ1n) is 9.20. The minimum atomic E-state index is -0.207. The highest BCUT2D eigenvalue weighted by molar-refractivity contribution is 6.30. The van der Waals surface area contributed by atoms with Crippen molar-refractivity contribution in [2.45, 2.75) is 44.8 Å². The molecule has 6 nitrogen and oxygen atoms in total. The minimum absolute atomic E-state index is 0.0195. The molecular weight excluding hydrogens is 364 g/mol. The molecule has 0 spiro atoms. The summed E-state index contributed by atoms with van der Waals surface area (Å²) in [5.74, 6) is -0.207. The zero-order valence-corrected chi connectivity index (χ0v) is 15.7. The van der Waals surface area contributed by atoms with Crippen LogP contribution in [-0.2, 0) is 17.9 Å². The van der Waals surface area contributed by atoms with Crippen LogP contribution in [0, 0.1) is 0 Å². The van der Waals surface area contributed by atoms with E-state index >= 15 is 0 Å². The van der Waals surface area contributed by atoms with Crippen LogP contribution in [0.1, 0.15) is 37.3 Å². The number of hydrogen-bond acceptors (Lipinski definition) is 3. The Hall–Kier alpha value is -2.60. The molecule has 0 saturated heterocycles. The third kappa shape index (κ3) is 3.62. The number of fused-ring (bicyclic) bond motifs is 1. The van der Waals surface area contributed by atoms with Gasteiger partial charge in [-0.3, -0.25) is 13.9 Å². The highest BCUT2D eigenvalue weighted by Crippen LogP contribution is 2.30. The molecule has 0 bridgehead atoms. The molecule has 2 heterocycles. The molecule has 0 unspecified atom stereocenters. The summed E-state index contributed by atoms with van der Waals surface area (Å²) < 4.78 is 3.30. The van der Waals surface area contributed by atoms with Gasteiger partial charge in [-0.1, -0.05) is 36.6 Å². The summed E-state index contributed by atoms with van der Waals surface area (Å²) in [5.41, 5.74) is 2.17. The largest absolute Gasteiger partial charge is 0.350 e. The van der Waals surface area contributed by atoms with Crippen LogP contribution >= 0.6 is 11.6 Å². The number of nitrogens with zero attached hydrogens (tertiary/aromatic N) is 3. The van der Waals surface area contributed by atoms with Gasteiger partial charge < -0.3 is 5.32 Å². The maximum atomic E-state index is 13.0. The molecule has 4 rings (SSSR count). The summed E-state index contributed by atoms with van der Waals surface area (Å²) in [7, 11) is 0. The highest BCUT2D eigenvalue weighted by Gasteiger charge is 2.24. The number of amides is 1. The summed E-state index contributed by atoms with van der Waals surface area (Å²) in [5, 5.41) is 3.52.